The normalized spacial score (nSPS) is 13.7. The number of hydrogen-bond acceptors (Lipinski definition) is 5. The average Bonchev–Trinajstić information content (AvgIpc) is 3.40. The molecule has 4 aromatic rings. The maximum absolute atomic E-state index is 13.7. The maximum Gasteiger partial charge on any atom is 0.320 e. The molecule has 0 fully saturated rings. The molecule has 1 aromatic carbocycles. The van der Waals surface area contributed by atoms with E-state index < -0.39 is 6.55 Å². The van der Waals surface area contributed by atoms with E-state index in [9.17, 15) is 13.6 Å². The predicted molar refractivity (Wildman–Crippen MR) is 117 cm³/mol. The Balaban J connectivity index is 1.56. The molecule has 0 saturated carbocycles. The average molecular weight is 447 g/mol. The monoisotopic (exact) mass is 446 g/mol. The number of hydrogen-bond donors (Lipinski definition) is 0. The highest BCUT2D eigenvalue weighted by Gasteiger charge is 2.24. The Hall–Kier alpha value is -2.26. The summed E-state index contributed by atoms with van der Waals surface area (Å²) in [6, 6.07) is 6.89. The number of thioether (sulfide) groups is 1. The molecule has 5 nitrogen and oxygen atoms in total. The number of aromatic nitrogens is 4. The highest BCUT2D eigenvalue weighted by molar-refractivity contribution is 7.98. The second-order valence-corrected chi connectivity index (χ2v) is 9.37. The fourth-order valence-electron chi connectivity index (χ4n) is 4.13. The van der Waals surface area contributed by atoms with E-state index in [2.05, 4.69) is 4.98 Å². The lowest BCUT2D eigenvalue weighted by molar-refractivity contribution is 0.0722. The number of imidazole rings is 1. The van der Waals surface area contributed by atoms with Gasteiger partial charge < -0.3 is 0 Å². The quantitative estimate of drug-likeness (QED) is 0.294. The first-order chi connectivity index (χ1) is 14.6. The van der Waals surface area contributed by atoms with Crippen LogP contribution >= 0.6 is 23.1 Å². The topological polar surface area (TPSA) is 52.7 Å². The Bertz CT molecular complexity index is 1310. The van der Waals surface area contributed by atoms with E-state index in [4.69, 9.17) is 4.98 Å². The Labute approximate surface area is 179 Å². The minimum absolute atomic E-state index is 0.00823. The van der Waals surface area contributed by atoms with Crippen LogP contribution < -0.4 is 5.56 Å². The number of aryl methyl sites for hydroxylation is 2. The number of halogens is 2. The standard InChI is InChI=1S/C21H20F2N4OS2/c1-2-10-26-19(28)17-12-6-5-9-15(12)30-18(17)25-21(26)29-11-16-24-13-7-3-4-8-14(13)27(16)20(22)23/h3-4,7-8,20H,2,5-6,9-11H2,1H3. The minimum Gasteiger partial charge on any atom is -0.287 e. The van der Waals surface area contributed by atoms with Crippen molar-refractivity contribution in [3.05, 3.63) is 50.9 Å². The summed E-state index contributed by atoms with van der Waals surface area (Å²) in [5.74, 6) is 0.494. The van der Waals surface area contributed by atoms with Crippen molar-refractivity contribution in [1.82, 2.24) is 19.1 Å². The van der Waals surface area contributed by atoms with E-state index in [-0.39, 0.29) is 17.1 Å². The van der Waals surface area contributed by atoms with Gasteiger partial charge in [0, 0.05) is 11.4 Å². The molecule has 3 heterocycles. The first-order valence-corrected chi connectivity index (χ1v) is 11.8. The van der Waals surface area contributed by atoms with E-state index >= 15 is 0 Å². The molecule has 9 heteroatoms. The van der Waals surface area contributed by atoms with E-state index in [1.165, 1.54) is 16.6 Å². The highest BCUT2D eigenvalue weighted by atomic mass is 32.2. The van der Waals surface area contributed by atoms with E-state index in [0.717, 1.165) is 46.0 Å². The van der Waals surface area contributed by atoms with Crippen molar-refractivity contribution in [2.75, 3.05) is 0 Å². The molecule has 1 aliphatic carbocycles. The van der Waals surface area contributed by atoms with E-state index in [1.807, 2.05) is 6.92 Å². The number of nitrogens with zero attached hydrogens (tertiary/aromatic N) is 4. The number of thiophene rings is 1. The largest absolute Gasteiger partial charge is 0.320 e. The van der Waals surface area contributed by atoms with Crippen LogP contribution in [0.3, 0.4) is 0 Å². The number of para-hydroxylation sites is 2. The van der Waals surface area contributed by atoms with Gasteiger partial charge in [0.2, 0.25) is 0 Å². The summed E-state index contributed by atoms with van der Waals surface area (Å²) in [5.41, 5.74) is 2.10. The molecule has 156 valence electrons. The van der Waals surface area contributed by atoms with Crippen molar-refractivity contribution in [3.8, 4) is 0 Å². The van der Waals surface area contributed by atoms with Crippen LogP contribution in [0.1, 0.15) is 42.6 Å². The predicted octanol–water partition coefficient (Wildman–Crippen LogP) is 5.39. The zero-order valence-corrected chi connectivity index (χ0v) is 18.0. The summed E-state index contributed by atoms with van der Waals surface area (Å²) in [6.07, 6.45) is 3.82. The highest BCUT2D eigenvalue weighted by Crippen LogP contribution is 2.36. The number of benzene rings is 1. The molecule has 0 spiro atoms. The number of rotatable bonds is 6. The molecular weight excluding hydrogens is 426 g/mol. The van der Waals surface area contributed by atoms with Gasteiger partial charge in [0.15, 0.2) is 5.16 Å². The first-order valence-electron chi connectivity index (χ1n) is 10.0. The minimum atomic E-state index is -2.68. The van der Waals surface area contributed by atoms with Crippen molar-refractivity contribution in [2.45, 2.75) is 56.6 Å². The zero-order chi connectivity index (χ0) is 20.8. The molecule has 0 atom stereocenters. The van der Waals surface area contributed by atoms with Gasteiger partial charge in [0.1, 0.15) is 10.7 Å². The molecule has 0 aliphatic heterocycles. The lowest BCUT2D eigenvalue weighted by Crippen LogP contribution is -2.23. The molecule has 3 aromatic heterocycles. The van der Waals surface area contributed by atoms with Crippen molar-refractivity contribution in [3.63, 3.8) is 0 Å². The third-order valence-electron chi connectivity index (χ3n) is 5.43. The van der Waals surface area contributed by atoms with Gasteiger partial charge in [-0.25, -0.2) is 9.97 Å². The molecule has 0 saturated heterocycles. The van der Waals surface area contributed by atoms with E-state index in [0.29, 0.717) is 22.7 Å². The lowest BCUT2D eigenvalue weighted by atomic mass is 10.2. The smallest absolute Gasteiger partial charge is 0.287 e. The third-order valence-corrected chi connectivity index (χ3v) is 7.59. The van der Waals surface area contributed by atoms with Gasteiger partial charge in [-0.05, 0) is 43.4 Å². The van der Waals surface area contributed by atoms with Gasteiger partial charge >= 0.3 is 6.55 Å². The van der Waals surface area contributed by atoms with Crippen LogP contribution in [-0.2, 0) is 25.1 Å². The molecule has 0 N–H and O–H groups in total. The van der Waals surface area contributed by atoms with Gasteiger partial charge in [-0.2, -0.15) is 8.78 Å². The van der Waals surface area contributed by atoms with Crippen LogP contribution in [0, 0.1) is 0 Å². The summed E-state index contributed by atoms with van der Waals surface area (Å²) >= 11 is 2.89. The molecule has 1 aliphatic rings. The van der Waals surface area contributed by atoms with Crippen molar-refractivity contribution >= 4 is 44.3 Å². The van der Waals surface area contributed by atoms with Gasteiger partial charge in [-0.3, -0.25) is 13.9 Å². The maximum atomic E-state index is 13.7. The van der Waals surface area contributed by atoms with Gasteiger partial charge in [0.25, 0.3) is 5.56 Å². The molecule has 0 amide bonds. The zero-order valence-electron chi connectivity index (χ0n) is 16.4. The third kappa shape index (κ3) is 3.15. The van der Waals surface area contributed by atoms with Crippen molar-refractivity contribution in [2.24, 2.45) is 0 Å². The van der Waals surface area contributed by atoms with Gasteiger partial charge in [0.05, 0.1) is 22.2 Å². The molecule has 5 rings (SSSR count). The second-order valence-electron chi connectivity index (χ2n) is 7.34. The number of alkyl halides is 2. The first kappa shape index (κ1) is 19.7. The van der Waals surface area contributed by atoms with Crippen LogP contribution in [-0.4, -0.2) is 19.1 Å². The van der Waals surface area contributed by atoms with Crippen molar-refractivity contribution in [1.29, 1.82) is 0 Å². The summed E-state index contributed by atoms with van der Waals surface area (Å²) in [7, 11) is 0. The Kier molecular flexibility index (Phi) is 5.10. The number of fused-ring (bicyclic) bond motifs is 4. The summed E-state index contributed by atoms with van der Waals surface area (Å²) < 4.78 is 30.1. The van der Waals surface area contributed by atoms with Crippen LogP contribution in [0.5, 0.6) is 0 Å². The fraction of sp³-hybridized carbons (Fsp3) is 0.381. The summed E-state index contributed by atoms with van der Waals surface area (Å²) in [5, 5.41) is 1.33. The Morgan fingerprint density at radius 1 is 1.23 bits per heavy atom. The second kappa shape index (κ2) is 7.77. The van der Waals surface area contributed by atoms with Crippen LogP contribution in [0.15, 0.2) is 34.2 Å². The molecular formula is C21H20F2N4OS2. The SMILES string of the molecule is CCCn1c(SCc2nc3ccccc3n2C(F)F)nc2sc3c(c2c1=O)CCC3. The van der Waals surface area contributed by atoms with Gasteiger partial charge in [-0.1, -0.05) is 30.8 Å². The fourth-order valence-corrected chi connectivity index (χ4v) is 6.39. The van der Waals surface area contributed by atoms with Crippen LogP contribution in [0.4, 0.5) is 8.78 Å². The molecule has 0 bridgehead atoms. The lowest BCUT2D eigenvalue weighted by Gasteiger charge is -2.12. The Morgan fingerprint density at radius 2 is 2.07 bits per heavy atom. The van der Waals surface area contributed by atoms with E-state index in [1.54, 1.807) is 40.2 Å². The van der Waals surface area contributed by atoms with Crippen LogP contribution in [0.2, 0.25) is 0 Å². The molecule has 0 unspecified atom stereocenters. The molecule has 30 heavy (non-hydrogen) atoms. The van der Waals surface area contributed by atoms with Gasteiger partial charge in [-0.15, -0.1) is 11.3 Å². The summed E-state index contributed by atoms with van der Waals surface area (Å²) in [6.45, 7) is -0.110. The van der Waals surface area contributed by atoms with Crippen molar-refractivity contribution < 1.29 is 8.78 Å². The summed E-state index contributed by atoms with van der Waals surface area (Å²) in [4.78, 5) is 24.5. The van der Waals surface area contributed by atoms with Crippen LogP contribution in [0.25, 0.3) is 21.3 Å². The molecule has 0 radical (unpaired) electrons. The Morgan fingerprint density at radius 3 is 2.87 bits per heavy atom.